The number of halogens is 1. The summed E-state index contributed by atoms with van der Waals surface area (Å²) < 4.78 is 11.0. The van der Waals surface area contributed by atoms with Crippen LogP contribution in [0.1, 0.15) is 24.9 Å². The zero-order chi connectivity index (χ0) is 14.8. The van der Waals surface area contributed by atoms with Crippen molar-refractivity contribution in [1.29, 1.82) is 0 Å². The predicted octanol–water partition coefficient (Wildman–Crippen LogP) is 0.780. The highest BCUT2D eigenvalue weighted by atomic mass is 35.5. The molecule has 1 aromatic carbocycles. The summed E-state index contributed by atoms with van der Waals surface area (Å²) >= 11 is 0. The molecule has 6 nitrogen and oxygen atoms in total. The molecule has 1 amide bonds. The van der Waals surface area contributed by atoms with Crippen molar-refractivity contribution >= 4 is 18.3 Å². The lowest BCUT2D eigenvalue weighted by molar-refractivity contribution is -0.123. The standard InChI is InChI=1S/C15H20N2O4.ClH/c1-9(17-15(19)12-7-11(18)8-16-12)10-2-3-13-14(6-10)21-5-4-20-13;/h2-3,6,9,11-12,16,18H,4-5,7-8H2,1H3,(H,17,19);1H. The van der Waals surface area contributed by atoms with E-state index in [0.717, 1.165) is 11.3 Å². The summed E-state index contributed by atoms with van der Waals surface area (Å²) in [5.41, 5.74) is 0.964. The van der Waals surface area contributed by atoms with E-state index in [1.165, 1.54) is 0 Å². The van der Waals surface area contributed by atoms with Crippen molar-refractivity contribution in [2.45, 2.75) is 31.5 Å². The average Bonchev–Trinajstić information content (AvgIpc) is 2.93. The Bertz CT molecular complexity index is 540. The third kappa shape index (κ3) is 3.63. The number of aliphatic hydroxyl groups is 1. The Hall–Kier alpha value is -1.50. The number of carbonyl (C=O) groups excluding carboxylic acids is 1. The molecule has 0 aromatic heterocycles. The minimum atomic E-state index is -0.439. The summed E-state index contributed by atoms with van der Waals surface area (Å²) in [7, 11) is 0. The van der Waals surface area contributed by atoms with Crippen LogP contribution in [0.2, 0.25) is 0 Å². The van der Waals surface area contributed by atoms with Crippen LogP contribution in [0.25, 0.3) is 0 Å². The molecule has 0 aliphatic carbocycles. The van der Waals surface area contributed by atoms with Crippen LogP contribution in [0.3, 0.4) is 0 Å². The molecule has 7 heteroatoms. The van der Waals surface area contributed by atoms with Gasteiger partial charge in [-0.25, -0.2) is 0 Å². The fourth-order valence-electron chi connectivity index (χ4n) is 2.64. The van der Waals surface area contributed by atoms with E-state index in [-0.39, 0.29) is 30.4 Å². The Kier molecular flexibility index (Phi) is 5.50. The van der Waals surface area contributed by atoms with Crippen LogP contribution >= 0.6 is 12.4 Å². The number of rotatable bonds is 3. The molecule has 3 rings (SSSR count). The Balaban J connectivity index is 0.00000176. The molecule has 1 aromatic rings. The van der Waals surface area contributed by atoms with Crippen molar-refractivity contribution in [3.63, 3.8) is 0 Å². The third-order valence-electron chi connectivity index (χ3n) is 3.85. The van der Waals surface area contributed by atoms with Gasteiger partial charge in [-0.1, -0.05) is 6.07 Å². The van der Waals surface area contributed by atoms with E-state index < -0.39 is 6.10 Å². The van der Waals surface area contributed by atoms with E-state index >= 15 is 0 Å². The minimum Gasteiger partial charge on any atom is -0.486 e. The molecule has 2 aliphatic heterocycles. The normalized spacial score (nSPS) is 24.3. The summed E-state index contributed by atoms with van der Waals surface area (Å²) in [5.74, 6) is 1.37. The number of amides is 1. The van der Waals surface area contributed by atoms with Crippen LogP contribution in [-0.4, -0.2) is 42.9 Å². The maximum Gasteiger partial charge on any atom is 0.237 e. The van der Waals surface area contributed by atoms with E-state index in [9.17, 15) is 9.90 Å². The topological polar surface area (TPSA) is 79.8 Å². The first-order valence-corrected chi connectivity index (χ1v) is 7.25. The van der Waals surface area contributed by atoms with Gasteiger partial charge in [0, 0.05) is 6.54 Å². The Morgan fingerprint density at radius 1 is 1.36 bits per heavy atom. The molecule has 0 spiro atoms. The maximum absolute atomic E-state index is 12.1. The van der Waals surface area contributed by atoms with Gasteiger partial charge in [0.15, 0.2) is 11.5 Å². The lowest BCUT2D eigenvalue weighted by Crippen LogP contribution is -2.41. The molecule has 122 valence electrons. The molecule has 3 N–H and O–H groups in total. The molecule has 0 saturated carbocycles. The van der Waals surface area contributed by atoms with Gasteiger partial charge in [-0.15, -0.1) is 12.4 Å². The number of benzene rings is 1. The van der Waals surface area contributed by atoms with Crippen LogP contribution in [0.4, 0.5) is 0 Å². The van der Waals surface area contributed by atoms with Gasteiger partial charge >= 0.3 is 0 Å². The van der Waals surface area contributed by atoms with Crippen molar-refractivity contribution in [3.8, 4) is 11.5 Å². The SMILES string of the molecule is CC(NC(=O)C1CC(O)CN1)c1ccc2c(c1)OCCO2.Cl. The number of carbonyl (C=O) groups is 1. The van der Waals surface area contributed by atoms with Crippen molar-refractivity contribution in [2.24, 2.45) is 0 Å². The van der Waals surface area contributed by atoms with Gasteiger partial charge < -0.3 is 25.2 Å². The highest BCUT2D eigenvalue weighted by molar-refractivity contribution is 5.85. The van der Waals surface area contributed by atoms with E-state index in [4.69, 9.17) is 9.47 Å². The lowest BCUT2D eigenvalue weighted by Gasteiger charge is -2.22. The fraction of sp³-hybridized carbons (Fsp3) is 0.533. The van der Waals surface area contributed by atoms with Crippen molar-refractivity contribution in [3.05, 3.63) is 23.8 Å². The molecule has 2 aliphatic rings. The molecule has 3 unspecified atom stereocenters. The molecule has 1 saturated heterocycles. The minimum absolute atomic E-state index is 0. The molecule has 3 atom stereocenters. The number of nitrogens with one attached hydrogen (secondary N) is 2. The largest absolute Gasteiger partial charge is 0.486 e. The number of aliphatic hydroxyl groups excluding tert-OH is 1. The fourth-order valence-corrected chi connectivity index (χ4v) is 2.64. The monoisotopic (exact) mass is 328 g/mol. The number of hydrogen-bond donors (Lipinski definition) is 3. The maximum atomic E-state index is 12.1. The molecule has 2 heterocycles. The number of hydrogen-bond acceptors (Lipinski definition) is 5. The molecule has 22 heavy (non-hydrogen) atoms. The summed E-state index contributed by atoms with van der Waals surface area (Å²) in [6.07, 6.45) is 0.0185. The molecular weight excluding hydrogens is 308 g/mol. The Morgan fingerprint density at radius 3 is 2.77 bits per heavy atom. The quantitative estimate of drug-likeness (QED) is 0.764. The molecule has 0 bridgehead atoms. The van der Waals surface area contributed by atoms with Gasteiger partial charge in [0.1, 0.15) is 13.2 Å². The highest BCUT2D eigenvalue weighted by Gasteiger charge is 2.29. The van der Waals surface area contributed by atoms with Crippen molar-refractivity contribution < 1.29 is 19.4 Å². The van der Waals surface area contributed by atoms with Crippen LogP contribution < -0.4 is 20.1 Å². The zero-order valence-electron chi connectivity index (χ0n) is 12.4. The number of ether oxygens (including phenoxy) is 2. The number of fused-ring (bicyclic) bond motifs is 1. The zero-order valence-corrected chi connectivity index (χ0v) is 13.2. The Labute approximate surface area is 135 Å². The predicted molar refractivity (Wildman–Crippen MR) is 83.7 cm³/mol. The Morgan fingerprint density at radius 2 is 2.09 bits per heavy atom. The smallest absolute Gasteiger partial charge is 0.237 e. The molecule has 1 fully saturated rings. The van der Waals surface area contributed by atoms with Gasteiger partial charge in [0.05, 0.1) is 18.2 Å². The molecular formula is C15H21ClN2O4. The van der Waals surface area contributed by atoms with Crippen LogP contribution in [0, 0.1) is 0 Å². The van der Waals surface area contributed by atoms with E-state index in [1.54, 1.807) is 0 Å². The van der Waals surface area contributed by atoms with Crippen molar-refractivity contribution in [1.82, 2.24) is 10.6 Å². The summed E-state index contributed by atoms with van der Waals surface area (Å²) in [6, 6.07) is 5.24. The lowest BCUT2D eigenvalue weighted by atomic mass is 10.1. The van der Waals surface area contributed by atoms with E-state index in [2.05, 4.69) is 10.6 Å². The van der Waals surface area contributed by atoms with Gasteiger partial charge in [-0.2, -0.15) is 0 Å². The van der Waals surface area contributed by atoms with Crippen LogP contribution in [0.15, 0.2) is 18.2 Å². The summed E-state index contributed by atoms with van der Waals surface area (Å²) in [4.78, 5) is 12.1. The second-order valence-electron chi connectivity index (χ2n) is 5.48. The van der Waals surface area contributed by atoms with Crippen LogP contribution in [0.5, 0.6) is 11.5 Å². The second-order valence-corrected chi connectivity index (χ2v) is 5.48. The number of β-amino-alcohol motifs (C(OH)–C–C–N with tert-alkyl or cyclic N) is 1. The first kappa shape index (κ1) is 16.9. The van der Waals surface area contributed by atoms with Crippen molar-refractivity contribution in [2.75, 3.05) is 19.8 Å². The third-order valence-corrected chi connectivity index (χ3v) is 3.85. The first-order valence-electron chi connectivity index (χ1n) is 7.25. The molecule has 0 radical (unpaired) electrons. The van der Waals surface area contributed by atoms with Crippen LogP contribution in [-0.2, 0) is 4.79 Å². The summed E-state index contributed by atoms with van der Waals surface area (Å²) in [5, 5.41) is 15.4. The average molecular weight is 329 g/mol. The summed E-state index contributed by atoms with van der Waals surface area (Å²) in [6.45, 7) is 3.50. The highest BCUT2D eigenvalue weighted by Crippen LogP contribution is 2.32. The van der Waals surface area contributed by atoms with E-state index in [0.29, 0.717) is 31.9 Å². The van der Waals surface area contributed by atoms with Gasteiger partial charge in [-0.05, 0) is 31.0 Å². The van der Waals surface area contributed by atoms with Gasteiger partial charge in [-0.3, -0.25) is 4.79 Å². The van der Waals surface area contributed by atoms with E-state index in [1.807, 2.05) is 25.1 Å². The van der Waals surface area contributed by atoms with Gasteiger partial charge in [0.25, 0.3) is 0 Å². The first-order chi connectivity index (χ1) is 10.1. The second kappa shape index (κ2) is 7.17. The van der Waals surface area contributed by atoms with Gasteiger partial charge in [0.2, 0.25) is 5.91 Å².